The fraction of sp³-hybridized carbons (Fsp3) is 0.263. The second-order valence-electron chi connectivity index (χ2n) is 5.81. The summed E-state index contributed by atoms with van der Waals surface area (Å²) in [5.41, 5.74) is 0.605. The first-order valence-electron chi connectivity index (χ1n) is 8.05. The Morgan fingerprint density at radius 2 is 1.56 bits per heavy atom. The molecule has 5 nitrogen and oxygen atoms in total. The van der Waals surface area contributed by atoms with Crippen LogP contribution in [-0.4, -0.2) is 55.1 Å². The summed E-state index contributed by atoms with van der Waals surface area (Å²) in [5, 5.41) is 6.22. The molecule has 1 aliphatic heterocycles. The van der Waals surface area contributed by atoms with Crippen molar-refractivity contribution < 1.29 is 9.53 Å². The maximum absolute atomic E-state index is 12.2. The predicted octanol–water partition coefficient (Wildman–Crippen LogP) is 3.32. The summed E-state index contributed by atoms with van der Waals surface area (Å²) < 4.78 is 5.72. The molecule has 0 N–H and O–H groups in total. The number of nitrogens with zero attached hydrogens (tertiary/aromatic N) is 3. The molecule has 0 radical (unpaired) electrons. The van der Waals surface area contributed by atoms with Gasteiger partial charge in [0.1, 0.15) is 11.5 Å². The Bertz CT molecular complexity index is 696. The Morgan fingerprint density at radius 3 is 2.20 bits per heavy atom. The summed E-state index contributed by atoms with van der Waals surface area (Å²) in [6.45, 7) is 3.64. The Balaban J connectivity index is 0.00000225. The van der Waals surface area contributed by atoms with Crippen LogP contribution in [-0.2, 0) is 0 Å². The van der Waals surface area contributed by atoms with Gasteiger partial charge >= 0.3 is 0 Å². The molecule has 3 rings (SSSR count). The quantitative estimate of drug-likeness (QED) is 0.607. The predicted molar refractivity (Wildman–Crippen MR) is 102 cm³/mol. The maximum atomic E-state index is 12.2. The lowest BCUT2D eigenvalue weighted by atomic mass is 10.1. The molecular weight excluding hydrogens is 338 g/mol. The zero-order valence-electron chi connectivity index (χ0n) is 14.2. The monoisotopic (exact) mass is 359 g/mol. The van der Waals surface area contributed by atoms with Crippen LogP contribution in [0.4, 0.5) is 0 Å². The van der Waals surface area contributed by atoms with Crippen molar-refractivity contribution in [3.05, 3.63) is 60.2 Å². The first-order chi connectivity index (χ1) is 11.7. The number of para-hydroxylation sites is 1. The minimum absolute atomic E-state index is 0. The third-order valence-corrected chi connectivity index (χ3v) is 3.94. The summed E-state index contributed by atoms with van der Waals surface area (Å²) >= 11 is 0. The third kappa shape index (κ3) is 5.59. The Hall–Kier alpha value is -2.37. The topological polar surface area (TPSA) is 45.1 Å². The average molecular weight is 360 g/mol. The number of likely N-dealkylation sites (N-methyl/N-ethyl adjacent to an activating group) is 1. The van der Waals surface area contributed by atoms with Gasteiger partial charge in [0, 0.05) is 31.7 Å². The number of piperazine rings is 1. The third-order valence-electron chi connectivity index (χ3n) is 3.94. The van der Waals surface area contributed by atoms with E-state index >= 15 is 0 Å². The molecule has 6 heteroatoms. The molecule has 0 saturated carbocycles. The maximum Gasteiger partial charge on any atom is 0.205 e. The molecular formula is C19H22ClN3O2. The van der Waals surface area contributed by atoms with Gasteiger partial charge in [0.2, 0.25) is 5.78 Å². The van der Waals surface area contributed by atoms with Crippen LogP contribution in [0.15, 0.2) is 59.7 Å². The average Bonchev–Trinajstić information content (AvgIpc) is 2.62. The molecule has 1 heterocycles. The van der Waals surface area contributed by atoms with E-state index in [1.165, 1.54) is 6.21 Å². The number of halogens is 1. The zero-order chi connectivity index (χ0) is 16.8. The van der Waals surface area contributed by atoms with Crippen molar-refractivity contribution in [2.45, 2.75) is 0 Å². The van der Waals surface area contributed by atoms with Crippen molar-refractivity contribution in [1.29, 1.82) is 0 Å². The molecule has 25 heavy (non-hydrogen) atoms. The van der Waals surface area contributed by atoms with Crippen LogP contribution in [0, 0.1) is 0 Å². The number of hydrazone groups is 1. The first-order valence-corrected chi connectivity index (χ1v) is 8.05. The van der Waals surface area contributed by atoms with Gasteiger partial charge in [-0.25, -0.2) is 0 Å². The summed E-state index contributed by atoms with van der Waals surface area (Å²) in [4.78, 5) is 14.4. The molecule has 1 fully saturated rings. The van der Waals surface area contributed by atoms with Crippen LogP contribution in [0.3, 0.4) is 0 Å². The fourth-order valence-electron chi connectivity index (χ4n) is 2.43. The van der Waals surface area contributed by atoms with E-state index in [1.807, 2.05) is 35.3 Å². The van der Waals surface area contributed by atoms with Crippen LogP contribution in [0.2, 0.25) is 0 Å². The zero-order valence-corrected chi connectivity index (χ0v) is 15.0. The highest BCUT2D eigenvalue weighted by Crippen LogP contribution is 2.21. The highest BCUT2D eigenvalue weighted by molar-refractivity contribution is 6.35. The largest absolute Gasteiger partial charge is 0.457 e. The SMILES string of the molecule is CN1CCN(N=CC(=O)c2ccc(Oc3ccccc3)cc2)CC1.Cl. The van der Waals surface area contributed by atoms with E-state index in [-0.39, 0.29) is 18.2 Å². The molecule has 0 aromatic heterocycles. The van der Waals surface area contributed by atoms with Crippen molar-refractivity contribution in [3.63, 3.8) is 0 Å². The molecule has 1 saturated heterocycles. The first kappa shape index (κ1) is 19.0. The van der Waals surface area contributed by atoms with Gasteiger partial charge in [0.05, 0.1) is 6.21 Å². The Kier molecular flexibility index (Phi) is 6.98. The van der Waals surface area contributed by atoms with Crippen LogP contribution in [0.1, 0.15) is 10.4 Å². The summed E-state index contributed by atoms with van der Waals surface area (Å²) in [6.07, 6.45) is 1.40. The van der Waals surface area contributed by atoms with Crippen LogP contribution in [0.5, 0.6) is 11.5 Å². The number of hydrogen-bond donors (Lipinski definition) is 0. The lowest BCUT2D eigenvalue weighted by Gasteiger charge is -2.30. The van der Waals surface area contributed by atoms with E-state index in [0.717, 1.165) is 31.9 Å². The van der Waals surface area contributed by atoms with Gasteiger partial charge < -0.3 is 9.64 Å². The number of carbonyl (C=O) groups excluding carboxylic acids is 1. The van der Waals surface area contributed by atoms with Crippen LogP contribution in [0.25, 0.3) is 0 Å². The smallest absolute Gasteiger partial charge is 0.205 e. The fourth-order valence-corrected chi connectivity index (χ4v) is 2.43. The van der Waals surface area contributed by atoms with Gasteiger partial charge in [-0.2, -0.15) is 5.10 Å². The molecule has 2 aromatic carbocycles. The van der Waals surface area contributed by atoms with Crippen molar-refractivity contribution in [2.75, 3.05) is 33.2 Å². The molecule has 0 amide bonds. The van der Waals surface area contributed by atoms with E-state index in [2.05, 4.69) is 17.0 Å². The normalized spacial score (nSPS) is 15.0. The molecule has 0 spiro atoms. The lowest BCUT2D eigenvalue weighted by molar-refractivity contribution is 0.106. The standard InChI is InChI=1S/C19H21N3O2.ClH/c1-21-11-13-22(14-12-21)20-15-19(23)16-7-9-18(10-8-16)24-17-5-3-2-4-6-17;/h2-10,15H,11-14H2,1H3;1H. The summed E-state index contributed by atoms with van der Waals surface area (Å²) in [5.74, 6) is 1.38. The number of Topliss-reactive ketones (excluding diaryl/α,β-unsaturated/α-hetero) is 1. The molecule has 1 aliphatic rings. The summed E-state index contributed by atoms with van der Waals surface area (Å²) in [6, 6.07) is 16.7. The number of carbonyl (C=O) groups is 1. The minimum Gasteiger partial charge on any atom is -0.457 e. The van der Waals surface area contributed by atoms with E-state index < -0.39 is 0 Å². The summed E-state index contributed by atoms with van der Waals surface area (Å²) in [7, 11) is 2.09. The van der Waals surface area contributed by atoms with Gasteiger partial charge in [-0.15, -0.1) is 12.4 Å². The number of hydrogen-bond acceptors (Lipinski definition) is 5. The number of ether oxygens (including phenoxy) is 1. The molecule has 0 unspecified atom stereocenters. The highest BCUT2D eigenvalue weighted by Gasteiger charge is 2.11. The van der Waals surface area contributed by atoms with E-state index in [1.54, 1.807) is 24.3 Å². The van der Waals surface area contributed by atoms with Crippen molar-refractivity contribution in [1.82, 2.24) is 9.91 Å². The van der Waals surface area contributed by atoms with E-state index in [0.29, 0.717) is 11.3 Å². The van der Waals surface area contributed by atoms with Crippen molar-refractivity contribution in [2.24, 2.45) is 5.10 Å². The highest BCUT2D eigenvalue weighted by atomic mass is 35.5. The van der Waals surface area contributed by atoms with Crippen molar-refractivity contribution >= 4 is 24.4 Å². The molecule has 0 bridgehead atoms. The Morgan fingerprint density at radius 1 is 0.960 bits per heavy atom. The van der Waals surface area contributed by atoms with E-state index in [4.69, 9.17) is 4.74 Å². The van der Waals surface area contributed by atoms with Gasteiger partial charge in [-0.1, -0.05) is 18.2 Å². The van der Waals surface area contributed by atoms with E-state index in [9.17, 15) is 4.79 Å². The van der Waals surface area contributed by atoms with Crippen LogP contribution < -0.4 is 4.74 Å². The minimum atomic E-state index is -0.0970. The Labute approximate surface area is 154 Å². The molecule has 2 aromatic rings. The van der Waals surface area contributed by atoms with Crippen LogP contribution >= 0.6 is 12.4 Å². The number of rotatable bonds is 5. The van der Waals surface area contributed by atoms with Gasteiger partial charge in [0.25, 0.3) is 0 Å². The second kappa shape index (κ2) is 9.20. The van der Waals surface area contributed by atoms with Gasteiger partial charge in [-0.3, -0.25) is 9.80 Å². The second-order valence-corrected chi connectivity index (χ2v) is 5.81. The lowest BCUT2D eigenvalue weighted by Crippen LogP contribution is -2.41. The van der Waals surface area contributed by atoms with Gasteiger partial charge in [-0.05, 0) is 43.4 Å². The number of ketones is 1. The number of benzene rings is 2. The molecule has 0 aliphatic carbocycles. The molecule has 0 atom stereocenters. The van der Waals surface area contributed by atoms with Crippen molar-refractivity contribution in [3.8, 4) is 11.5 Å². The van der Waals surface area contributed by atoms with Gasteiger partial charge in [0.15, 0.2) is 0 Å². The molecule has 132 valence electrons.